The summed E-state index contributed by atoms with van der Waals surface area (Å²) in [6.45, 7) is 7.96. The van der Waals surface area contributed by atoms with Crippen molar-refractivity contribution in [2.24, 2.45) is 5.92 Å². The van der Waals surface area contributed by atoms with Crippen LogP contribution in [0.2, 0.25) is 5.02 Å². The molecule has 2 unspecified atom stereocenters. The number of nitrogens with one attached hydrogen (secondary N) is 1. The van der Waals surface area contributed by atoms with E-state index < -0.39 is 0 Å². The van der Waals surface area contributed by atoms with E-state index in [0.29, 0.717) is 23.0 Å². The number of piperazine rings is 1. The van der Waals surface area contributed by atoms with Gasteiger partial charge in [0.2, 0.25) is 5.91 Å². The third kappa shape index (κ3) is 6.32. The lowest BCUT2D eigenvalue weighted by Crippen LogP contribution is -2.52. The molecule has 2 heterocycles. The zero-order valence-corrected chi connectivity index (χ0v) is 19.7. The van der Waals surface area contributed by atoms with E-state index in [1.807, 2.05) is 19.1 Å². The van der Waals surface area contributed by atoms with E-state index in [1.54, 1.807) is 0 Å². The van der Waals surface area contributed by atoms with Crippen LogP contribution in [0, 0.1) is 5.92 Å². The highest BCUT2D eigenvalue weighted by Crippen LogP contribution is 2.29. The highest BCUT2D eigenvalue weighted by atomic mass is 35.5. The molecule has 0 radical (unpaired) electrons. The molecule has 0 saturated carbocycles. The van der Waals surface area contributed by atoms with Crippen LogP contribution in [-0.2, 0) is 22.5 Å². The molecular formula is C26H34ClN3O2. The number of halogens is 1. The van der Waals surface area contributed by atoms with Crippen LogP contribution in [0.1, 0.15) is 37.3 Å². The summed E-state index contributed by atoms with van der Waals surface area (Å²) in [5.41, 5.74) is 3.30. The molecule has 1 N–H and O–H groups in total. The highest BCUT2D eigenvalue weighted by molar-refractivity contribution is 6.33. The van der Waals surface area contributed by atoms with Crippen molar-refractivity contribution in [1.82, 2.24) is 9.80 Å². The van der Waals surface area contributed by atoms with E-state index in [0.717, 1.165) is 58.6 Å². The number of nitrogens with zero attached hydrogens (tertiary/aromatic N) is 2. The minimum Gasteiger partial charge on any atom is -0.363 e. The number of rotatable bonds is 7. The Bertz CT molecular complexity index is 884. The molecule has 172 valence electrons. The number of carbonyl (C=O) groups excluding carboxylic acids is 1. The summed E-state index contributed by atoms with van der Waals surface area (Å²) < 4.78 is 6.17. The lowest BCUT2D eigenvalue weighted by Gasteiger charge is -2.42. The average Bonchev–Trinajstić information content (AvgIpc) is 2.82. The molecule has 32 heavy (non-hydrogen) atoms. The normalized spacial score (nSPS) is 22.6. The molecule has 2 aromatic carbocycles. The summed E-state index contributed by atoms with van der Waals surface area (Å²) in [5, 5.41) is 3.47. The molecule has 0 bridgehead atoms. The van der Waals surface area contributed by atoms with Crippen molar-refractivity contribution >= 4 is 23.2 Å². The van der Waals surface area contributed by atoms with E-state index >= 15 is 0 Å². The number of hydrogen-bond acceptors (Lipinski definition) is 4. The van der Waals surface area contributed by atoms with Crippen molar-refractivity contribution in [3.63, 3.8) is 0 Å². The number of carbonyl (C=O) groups is 1. The highest BCUT2D eigenvalue weighted by Gasteiger charge is 2.30. The largest absolute Gasteiger partial charge is 0.363 e. The summed E-state index contributed by atoms with van der Waals surface area (Å²) in [6, 6.07) is 16.7. The van der Waals surface area contributed by atoms with Gasteiger partial charge in [-0.05, 0) is 48.4 Å². The minimum atomic E-state index is -0.0178. The maximum Gasteiger partial charge on any atom is 0.224 e. The number of amides is 1. The number of hydrogen-bond donors (Lipinski definition) is 1. The van der Waals surface area contributed by atoms with Crippen molar-refractivity contribution in [3.8, 4) is 0 Å². The molecule has 2 saturated heterocycles. The van der Waals surface area contributed by atoms with Crippen LogP contribution in [0.15, 0.2) is 48.5 Å². The topological polar surface area (TPSA) is 44.8 Å². The first-order chi connectivity index (χ1) is 15.6. The quantitative estimate of drug-likeness (QED) is 0.651. The van der Waals surface area contributed by atoms with Gasteiger partial charge in [0, 0.05) is 45.8 Å². The molecule has 2 atom stereocenters. The molecular weight excluding hydrogens is 422 g/mol. The van der Waals surface area contributed by atoms with E-state index in [9.17, 15) is 4.79 Å². The summed E-state index contributed by atoms with van der Waals surface area (Å²) in [5.74, 6) is 0.569. The van der Waals surface area contributed by atoms with Gasteiger partial charge in [-0.2, -0.15) is 0 Å². The van der Waals surface area contributed by atoms with Crippen LogP contribution in [0.25, 0.3) is 0 Å². The lowest BCUT2D eigenvalue weighted by molar-refractivity contribution is -0.115. The third-order valence-electron chi connectivity index (χ3n) is 6.59. The molecule has 2 aromatic rings. The van der Waals surface area contributed by atoms with Crippen molar-refractivity contribution in [1.29, 1.82) is 0 Å². The van der Waals surface area contributed by atoms with Crippen LogP contribution in [0.3, 0.4) is 0 Å². The molecule has 2 aliphatic heterocycles. The van der Waals surface area contributed by atoms with Gasteiger partial charge in [-0.1, -0.05) is 54.9 Å². The van der Waals surface area contributed by atoms with Crippen molar-refractivity contribution in [2.75, 3.05) is 38.1 Å². The van der Waals surface area contributed by atoms with E-state index in [-0.39, 0.29) is 12.1 Å². The van der Waals surface area contributed by atoms with E-state index in [2.05, 4.69) is 51.5 Å². The van der Waals surface area contributed by atoms with Gasteiger partial charge in [0.25, 0.3) is 0 Å². The van der Waals surface area contributed by atoms with Crippen molar-refractivity contribution in [2.45, 2.75) is 45.4 Å². The van der Waals surface area contributed by atoms with E-state index in [4.69, 9.17) is 16.3 Å². The number of benzene rings is 2. The Balaban J connectivity index is 1.27. The Kier molecular flexibility index (Phi) is 8.20. The predicted octanol–water partition coefficient (Wildman–Crippen LogP) is 4.80. The van der Waals surface area contributed by atoms with Gasteiger partial charge in [-0.3, -0.25) is 14.6 Å². The summed E-state index contributed by atoms with van der Waals surface area (Å²) in [7, 11) is 0. The first-order valence-electron chi connectivity index (χ1n) is 11.8. The van der Waals surface area contributed by atoms with Gasteiger partial charge in [0.1, 0.15) is 6.23 Å². The Morgan fingerprint density at radius 3 is 2.59 bits per heavy atom. The van der Waals surface area contributed by atoms with Gasteiger partial charge >= 0.3 is 0 Å². The molecule has 5 nitrogen and oxygen atoms in total. The summed E-state index contributed by atoms with van der Waals surface area (Å²) >= 11 is 6.42. The molecule has 2 fully saturated rings. The summed E-state index contributed by atoms with van der Waals surface area (Å²) in [4.78, 5) is 16.7. The van der Waals surface area contributed by atoms with Gasteiger partial charge < -0.3 is 10.1 Å². The second-order valence-electron chi connectivity index (χ2n) is 8.93. The smallest absolute Gasteiger partial charge is 0.224 e. The Morgan fingerprint density at radius 1 is 1.09 bits per heavy atom. The SMILES string of the molecule is CCC(=O)Nc1ccc(CC2CCOC(N3CCN(Cc4ccccc4)CC3)C2)cc1Cl. The molecule has 0 aromatic heterocycles. The molecule has 0 aliphatic carbocycles. The fourth-order valence-corrected chi connectivity index (χ4v) is 4.94. The minimum absolute atomic E-state index is 0.0178. The zero-order chi connectivity index (χ0) is 22.3. The van der Waals surface area contributed by atoms with Gasteiger partial charge in [-0.15, -0.1) is 0 Å². The lowest BCUT2D eigenvalue weighted by atomic mass is 9.90. The molecule has 2 aliphatic rings. The molecule has 4 rings (SSSR count). The van der Waals surface area contributed by atoms with E-state index in [1.165, 1.54) is 11.1 Å². The van der Waals surface area contributed by atoms with Gasteiger partial charge in [0.05, 0.1) is 10.7 Å². The second kappa shape index (κ2) is 11.3. The molecule has 1 amide bonds. The maximum atomic E-state index is 11.6. The first-order valence-corrected chi connectivity index (χ1v) is 12.2. The second-order valence-corrected chi connectivity index (χ2v) is 9.34. The van der Waals surface area contributed by atoms with Crippen molar-refractivity contribution < 1.29 is 9.53 Å². The fourth-order valence-electron chi connectivity index (χ4n) is 4.69. The van der Waals surface area contributed by atoms with Crippen LogP contribution >= 0.6 is 11.6 Å². The standard InChI is InChI=1S/C26H34ClN3O2/c1-2-25(31)28-24-9-8-21(17-23(24)27)16-22-10-15-32-26(18-22)30-13-11-29(12-14-30)19-20-6-4-3-5-7-20/h3-9,17,22,26H,2,10-16,18-19H2,1H3,(H,28,31). The average molecular weight is 456 g/mol. The van der Waals surface area contributed by atoms with Crippen LogP contribution in [0.4, 0.5) is 5.69 Å². The molecule has 6 heteroatoms. The number of anilines is 1. The third-order valence-corrected chi connectivity index (χ3v) is 6.90. The zero-order valence-electron chi connectivity index (χ0n) is 18.9. The monoisotopic (exact) mass is 455 g/mol. The van der Waals surface area contributed by atoms with Crippen LogP contribution in [0.5, 0.6) is 0 Å². The van der Waals surface area contributed by atoms with Crippen LogP contribution < -0.4 is 5.32 Å². The Labute approximate surface area is 196 Å². The van der Waals surface area contributed by atoms with Gasteiger partial charge in [-0.25, -0.2) is 0 Å². The molecule has 0 spiro atoms. The van der Waals surface area contributed by atoms with Crippen molar-refractivity contribution in [3.05, 3.63) is 64.7 Å². The maximum absolute atomic E-state index is 11.6. The Morgan fingerprint density at radius 2 is 1.88 bits per heavy atom. The number of ether oxygens (including phenoxy) is 1. The first kappa shape index (κ1) is 23.2. The summed E-state index contributed by atoms with van der Waals surface area (Å²) in [6.07, 6.45) is 3.80. The predicted molar refractivity (Wildman–Crippen MR) is 130 cm³/mol. The Hall–Kier alpha value is -1.92. The van der Waals surface area contributed by atoms with Crippen LogP contribution in [-0.4, -0.2) is 54.7 Å². The van der Waals surface area contributed by atoms with Gasteiger partial charge in [0.15, 0.2) is 0 Å². The fraction of sp³-hybridized carbons (Fsp3) is 0.500.